The predicted octanol–water partition coefficient (Wildman–Crippen LogP) is 2.34. The van der Waals surface area contributed by atoms with Gasteiger partial charge < -0.3 is 5.32 Å². The summed E-state index contributed by atoms with van der Waals surface area (Å²) in [5, 5.41) is 17.1. The molecule has 0 radical (unpaired) electrons. The van der Waals surface area contributed by atoms with Crippen LogP contribution in [0, 0.1) is 10.1 Å². The molecule has 0 unspecified atom stereocenters. The van der Waals surface area contributed by atoms with Crippen LogP contribution in [-0.2, 0) is 9.59 Å². The molecule has 8 nitrogen and oxygen atoms in total. The van der Waals surface area contributed by atoms with Gasteiger partial charge in [0.2, 0.25) is 0 Å². The molecule has 0 atom stereocenters. The number of anilines is 1. The van der Waals surface area contributed by atoms with E-state index in [1.54, 1.807) is 30.3 Å². The lowest BCUT2D eigenvalue weighted by Crippen LogP contribution is -2.32. The maximum Gasteiger partial charge on any atom is 0.329 e. The van der Waals surface area contributed by atoms with E-state index >= 15 is 0 Å². The second-order valence-electron chi connectivity index (χ2n) is 4.51. The van der Waals surface area contributed by atoms with E-state index in [0.717, 1.165) is 0 Å². The third-order valence-electron chi connectivity index (χ3n) is 2.77. The molecule has 2 rings (SSSR count). The molecule has 122 valence electrons. The molecular formula is C15H11ClN4O4. The van der Waals surface area contributed by atoms with Gasteiger partial charge in [0, 0.05) is 28.4 Å². The van der Waals surface area contributed by atoms with Crippen LogP contribution in [0.4, 0.5) is 11.4 Å². The van der Waals surface area contributed by atoms with Crippen molar-refractivity contribution >= 4 is 41.0 Å². The summed E-state index contributed by atoms with van der Waals surface area (Å²) in [5.74, 6) is -1.89. The Morgan fingerprint density at radius 3 is 2.50 bits per heavy atom. The number of amides is 2. The zero-order valence-corrected chi connectivity index (χ0v) is 12.9. The highest BCUT2D eigenvalue weighted by atomic mass is 35.5. The number of carbonyl (C=O) groups is 2. The molecule has 2 aromatic carbocycles. The standard InChI is InChI=1S/C15H11ClN4O4/c16-11-4-6-12(7-5-11)18-14(21)15(22)19-17-9-10-2-1-3-13(8-10)20(23)24/h1-9H,(H,18,21)(H,19,22)/b17-9-. The Labute approximate surface area is 141 Å². The predicted molar refractivity (Wildman–Crippen MR) is 88.9 cm³/mol. The van der Waals surface area contributed by atoms with E-state index in [2.05, 4.69) is 10.4 Å². The van der Waals surface area contributed by atoms with E-state index in [-0.39, 0.29) is 5.69 Å². The van der Waals surface area contributed by atoms with Crippen molar-refractivity contribution in [2.24, 2.45) is 5.10 Å². The van der Waals surface area contributed by atoms with Crippen molar-refractivity contribution in [1.29, 1.82) is 0 Å². The van der Waals surface area contributed by atoms with Crippen molar-refractivity contribution in [3.05, 3.63) is 69.2 Å². The van der Waals surface area contributed by atoms with Crippen LogP contribution in [0.5, 0.6) is 0 Å². The summed E-state index contributed by atoms with van der Waals surface area (Å²) >= 11 is 5.71. The highest BCUT2D eigenvalue weighted by molar-refractivity contribution is 6.39. The minimum absolute atomic E-state index is 0.106. The molecule has 0 fully saturated rings. The van der Waals surface area contributed by atoms with Crippen molar-refractivity contribution < 1.29 is 14.5 Å². The van der Waals surface area contributed by atoms with Crippen LogP contribution in [0.25, 0.3) is 0 Å². The third-order valence-corrected chi connectivity index (χ3v) is 3.02. The summed E-state index contributed by atoms with van der Waals surface area (Å²) in [7, 11) is 0. The molecular weight excluding hydrogens is 336 g/mol. The van der Waals surface area contributed by atoms with E-state index in [1.807, 2.05) is 5.43 Å². The van der Waals surface area contributed by atoms with Gasteiger partial charge in [0.1, 0.15) is 0 Å². The average Bonchev–Trinajstić information content (AvgIpc) is 2.57. The fraction of sp³-hybridized carbons (Fsp3) is 0. The normalized spacial score (nSPS) is 10.4. The summed E-state index contributed by atoms with van der Waals surface area (Å²) in [4.78, 5) is 33.4. The lowest BCUT2D eigenvalue weighted by atomic mass is 10.2. The number of nitrogens with one attached hydrogen (secondary N) is 2. The van der Waals surface area contributed by atoms with Gasteiger partial charge in [-0.15, -0.1) is 0 Å². The van der Waals surface area contributed by atoms with Crippen LogP contribution < -0.4 is 10.7 Å². The number of hydrogen-bond acceptors (Lipinski definition) is 5. The summed E-state index contributed by atoms with van der Waals surface area (Å²) in [5.41, 5.74) is 2.74. The van der Waals surface area contributed by atoms with Gasteiger partial charge in [-0.3, -0.25) is 19.7 Å². The number of rotatable bonds is 4. The van der Waals surface area contributed by atoms with Gasteiger partial charge in [-0.25, -0.2) is 5.43 Å². The Bertz CT molecular complexity index is 805. The zero-order valence-electron chi connectivity index (χ0n) is 12.1. The third kappa shape index (κ3) is 4.89. The topological polar surface area (TPSA) is 114 Å². The van der Waals surface area contributed by atoms with Crippen molar-refractivity contribution in [2.75, 3.05) is 5.32 Å². The number of nitrogens with zero attached hydrogens (tertiary/aromatic N) is 2. The molecule has 9 heteroatoms. The molecule has 24 heavy (non-hydrogen) atoms. The number of hydrogen-bond donors (Lipinski definition) is 2. The largest absolute Gasteiger partial charge is 0.329 e. The van der Waals surface area contributed by atoms with Crippen LogP contribution in [-0.4, -0.2) is 23.0 Å². The van der Waals surface area contributed by atoms with Gasteiger partial charge in [0.15, 0.2) is 0 Å². The Hall–Kier alpha value is -3.26. The zero-order chi connectivity index (χ0) is 17.5. The van der Waals surface area contributed by atoms with Crippen molar-refractivity contribution in [1.82, 2.24) is 5.43 Å². The number of non-ortho nitro benzene ring substituents is 1. The number of hydrazone groups is 1. The maximum absolute atomic E-state index is 11.7. The molecule has 2 aromatic rings. The van der Waals surface area contributed by atoms with Crippen LogP contribution in [0.1, 0.15) is 5.56 Å². The van der Waals surface area contributed by atoms with E-state index < -0.39 is 16.7 Å². The van der Waals surface area contributed by atoms with Crippen LogP contribution in [0.3, 0.4) is 0 Å². The van der Waals surface area contributed by atoms with E-state index in [9.17, 15) is 19.7 Å². The number of carbonyl (C=O) groups excluding carboxylic acids is 2. The first-order valence-electron chi connectivity index (χ1n) is 6.60. The first-order chi connectivity index (χ1) is 11.5. The lowest BCUT2D eigenvalue weighted by molar-refractivity contribution is -0.384. The fourth-order valence-corrected chi connectivity index (χ4v) is 1.78. The van der Waals surface area contributed by atoms with Crippen LogP contribution in [0.15, 0.2) is 53.6 Å². The lowest BCUT2D eigenvalue weighted by Gasteiger charge is -2.03. The monoisotopic (exact) mass is 346 g/mol. The van der Waals surface area contributed by atoms with Gasteiger partial charge in [-0.05, 0) is 24.3 Å². The molecule has 0 saturated carbocycles. The minimum atomic E-state index is -0.980. The van der Waals surface area contributed by atoms with Gasteiger partial charge in [0.05, 0.1) is 11.1 Å². The highest BCUT2D eigenvalue weighted by Gasteiger charge is 2.12. The first-order valence-corrected chi connectivity index (χ1v) is 6.98. The number of halogens is 1. The summed E-state index contributed by atoms with van der Waals surface area (Å²) in [6.45, 7) is 0. The average molecular weight is 347 g/mol. The highest BCUT2D eigenvalue weighted by Crippen LogP contribution is 2.13. The molecule has 0 saturated heterocycles. The Kier molecular flexibility index (Phi) is 5.58. The quantitative estimate of drug-likeness (QED) is 0.382. The SMILES string of the molecule is O=C(N/N=C\c1cccc([N+](=O)[O-])c1)C(=O)Nc1ccc(Cl)cc1. The molecule has 0 aliphatic carbocycles. The number of nitro benzene ring substituents is 1. The second kappa shape index (κ2) is 7.84. The second-order valence-corrected chi connectivity index (χ2v) is 4.95. The number of benzene rings is 2. The van der Waals surface area contributed by atoms with Gasteiger partial charge in [-0.2, -0.15) is 5.10 Å². The smallest absolute Gasteiger partial charge is 0.318 e. The Morgan fingerprint density at radius 2 is 1.83 bits per heavy atom. The maximum atomic E-state index is 11.7. The molecule has 0 heterocycles. The van der Waals surface area contributed by atoms with Gasteiger partial charge >= 0.3 is 11.8 Å². The summed E-state index contributed by atoms with van der Waals surface area (Å²) in [6, 6.07) is 11.9. The van der Waals surface area contributed by atoms with E-state index in [1.165, 1.54) is 24.4 Å². The van der Waals surface area contributed by atoms with E-state index in [4.69, 9.17) is 11.6 Å². The molecule has 0 spiro atoms. The molecule has 0 aliphatic rings. The molecule has 0 bridgehead atoms. The van der Waals surface area contributed by atoms with Crippen LogP contribution >= 0.6 is 11.6 Å². The number of nitro groups is 1. The fourth-order valence-electron chi connectivity index (χ4n) is 1.66. The van der Waals surface area contributed by atoms with Gasteiger partial charge in [0.25, 0.3) is 5.69 Å². The first kappa shape index (κ1) is 17.1. The minimum Gasteiger partial charge on any atom is -0.318 e. The Balaban J connectivity index is 1.92. The molecule has 0 aliphatic heterocycles. The van der Waals surface area contributed by atoms with Crippen LogP contribution in [0.2, 0.25) is 5.02 Å². The molecule has 2 amide bonds. The van der Waals surface area contributed by atoms with Crippen molar-refractivity contribution in [2.45, 2.75) is 0 Å². The Morgan fingerprint density at radius 1 is 1.12 bits per heavy atom. The van der Waals surface area contributed by atoms with Crippen molar-refractivity contribution in [3.8, 4) is 0 Å². The summed E-state index contributed by atoms with van der Waals surface area (Å²) in [6.07, 6.45) is 1.19. The van der Waals surface area contributed by atoms with Gasteiger partial charge in [-0.1, -0.05) is 23.7 Å². The molecule has 2 N–H and O–H groups in total. The summed E-state index contributed by atoms with van der Waals surface area (Å²) < 4.78 is 0. The van der Waals surface area contributed by atoms with E-state index in [0.29, 0.717) is 16.3 Å². The molecule has 0 aromatic heterocycles. The van der Waals surface area contributed by atoms with Crippen molar-refractivity contribution in [3.63, 3.8) is 0 Å².